The highest BCUT2D eigenvalue weighted by Crippen LogP contribution is 2.47. The second-order valence-electron chi connectivity index (χ2n) is 6.35. The number of hydrogen-bond acceptors (Lipinski definition) is 4. The maximum absolute atomic E-state index is 11.7. The van der Waals surface area contributed by atoms with Crippen LogP contribution in [0.2, 0.25) is 0 Å². The van der Waals surface area contributed by atoms with E-state index in [9.17, 15) is 14.7 Å². The fraction of sp³-hybridized carbons (Fsp3) is 0.846. The first-order valence-corrected chi connectivity index (χ1v) is 6.57. The minimum absolute atomic E-state index is 0.198. The number of ether oxygens (including phenoxy) is 2. The summed E-state index contributed by atoms with van der Waals surface area (Å²) in [6.45, 7) is 5.85. The van der Waals surface area contributed by atoms with E-state index in [0.29, 0.717) is 25.9 Å². The highest BCUT2D eigenvalue weighted by molar-refractivity contribution is 5.77. The Bertz CT molecular complexity index is 389. The third kappa shape index (κ3) is 2.83. The van der Waals surface area contributed by atoms with E-state index in [1.807, 2.05) is 0 Å². The standard InChI is InChI=1S/C13H21NO5/c1-12(2,3)19-11(17)14-8-6-9-13(7-8,10(15)16)4-5-18-9/h8-9H,4-7H2,1-3H3,(H,14,17)(H,15,16). The molecule has 2 N–H and O–H groups in total. The van der Waals surface area contributed by atoms with Crippen LogP contribution in [0.15, 0.2) is 0 Å². The molecule has 2 rings (SSSR count). The van der Waals surface area contributed by atoms with Crippen LogP contribution in [-0.4, -0.2) is 41.5 Å². The van der Waals surface area contributed by atoms with Crippen LogP contribution in [0.5, 0.6) is 0 Å². The van der Waals surface area contributed by atoms with E-state index in [4.69, 9.17) is 9.47 Å². The van der Waals surface area contributed by atoms with Crippen LogP contribution in [-0.2, 0) is 14.3 Å². The predicted octanol–water partition coefficient (Wildman–Crippen LogP) is 1.53. The molecule has 108 valence electrons. The van der Waals surface area contributed by atoms with Gasteiger partial charge in [-0.1, -0.05) is 0 Å². The molecule has 0 aromatic carbocycles. The molecule has 0 bridgehead atoms. The number of carbonyl (C=O) groups is 2. The number of carboxylic acid groups (broad SMARTS) is 1. The van der Waals surface area contributed by atoms with Crippen molar-refractivity contribution in [2.45, 2.75) is 57.8 Å². The van der Waals surface area contributed by atoms with Crippen molar-refractivity contribution in [3.8, 4) is 0 Å². The summed E-state index contributed by atoms with van der Waals surface area (Å²) < 4.78 is 10.7. The normalized spacial score (nSPS) is 33.8. The average molecular weight is 271 g/mol. The number of rotatable bonds is 2. The summed E-state index contributed by atoms with van der Waals surface area (Å²) in [6.07, 6.45) is 0.653. The molecule has 0 aromatic rings. The molecule has 0 spiro atoms. The van der Waals surface area contributed by atoms with Crippen molar-refractivity contribution in [3.63, 3.8) is 0 Å². The van der Waals surface area contributed by atoms with E-state index in [1.165, 1.54) is 0 Å². The quantitative estimate of drug-likeness (QED) is 0.795. The molecule has 1 amide bonds. The number of aliphatic carboxylic acids is 1. The monoisotopic (exact) mass is 271 g/mol. The Hall–Kier alpha value is -1.30. The summed E-state index contributed by atoms with van der Waals surface area (Å²) in [5, 5.41) is 12.1. The van der Waals surface area contributed by atoms with Crippen LogP contribution in [0, 0.1) is 5.41 Å². The van der Waals surface area contributed by atoms with E-state index < -0.39 is 23.1 Å². The number of carbonyl (C=O) groups excluding carboxylic acids is 1. The Labute approximate surface area is 112 Å². The van der Waals surface area contributed by atoms with Crippen molar-refractivity contribution in [1.82, 2.24) is 5.32 Å². The second-order valence-corrected chi connectivity index (χ2v) is 6.35. The van der Waals surface area contributed by atoms with E-state index in [0.717, 1.165) is 0 Å². The molecule has 1 saturated carbocycles. The van der Waals surface area contributed by atoms with Crippen molar-refractivity contribution >= 4 is 12.1 Å². The third-order valence-corrected chi connectivity index (χ3v) is 3.74. The van der Waals surface area contributed by atoms with Crippen LogP contribution < -0.4 is 5.32 Å². The Morgan fingerprint density at radius 2 is 2.11 bits per heavy atom. The first kappa shape index (κ1) is 14.1. The molecule has 6 nitrogen and oxygen atoms in total. The van der Waals surface area contributed by atoms with Gasteiger partial charge in [-0.15, -0.1) is 0 Å². The van der Waals surface area contributed by atoms with Crippen molar-refractivity contribution < 1.29 is 24.2 Å². The predicted molar refractivity (Wildman–Crippen MR) is 66.8 cm³/mol. The van der Waals surface area contributed by atoms with Gasteiger partial charge in [-0.25, -0.2) is 4.79 Å². The molecule has 1 aliphatic heterocycles. The second kappa shape index (κ2) is 4.67. The first-order valence-electron chi connectivity index (χ1n) is 6.57. The Balaban J connectivity index is 1.95. The minimum Gasteiger partial charge on any atom is -0.481 e. The van der Waals surface area contributed by atoms with Crippen LogP contribution in [0.3, 0.4) is 0 Å². The third-order valence-electron chi connectivity index (χ3n) is 3.74. The smallest absolute Gasteiger partial charge is 0.407 e. The van der Waals surface area contributed by atoms with Crippen LogP contribution >= 0.6 is 0 Å². The lowest BCUT2D eigenvalue weighted by molar-refractivity contribution is -0.150. The molecule has 1 heterocycles. The summed E-state index contributed by atoms with van der Waals surface area (Å²) in [5.41, 5.74) is -1.39. The lowest BCUT2D eigenvalue weighted by atomic mass is 9.83. The largest absolute Gasteiger partial charge is 0.481 e. The average Bonchev–Trinajstić information content (AvgIpc) is 2.70. The number of alkyl carbamates (subject to hydrolysis) is 1. The fourth-order valence-corrected chi connectivity index (χ4v) is 2.93. The maximum atomic E-state index is 11.7. The molecule has 1 saturated heterocycles. The van der Waals surface area contributed by atoms with Gasteiger partial charge in [0.2, 0.25) is 0 Å². The summed E-state index contributed by atoms with van der Waals surface area (Å²) in [7, 11) is 0. The van der Waals surface area contributed by atoms with Gasteiger partial charge in [0.1, 0.15) is 5.60 Å². The zero-order valence-corrected chi connectivity index (χ0v) is 11.6. The molecule has 2 aliphatic rings. The van der Waals surface area contributed by atoms with Crippen LogP contribution in [0.25, 0.3) is 0 Å². The lowest BCUT2D eigenvalue weighted by Crippen LogP contribution is -2.39. The number of fused-ring (bicyclic) bond motifs is 1. The van der Waals surface area contributed by atoms with Gasteiger partial charge in [0.25, 0.3) is 0 Å². The van der Waals surface area contributed by atoms with Gasteiger partial charge in [-0.05, 0) is 40.0 Å². The van der Waals surface area contributed by atoms with Gasteiger partial charge < -0.3 is 19.9 Å². The fourth-order valence-electron chi connectivity index (χ4n) is 2.93. The van der Waals surface area contributed by atoms with E-state index in [-0.39, 0.29) is 12.1 Å². The van der Waals surface area contributed by atoms with Gasteiger partial charge in [0, 0.05) is 12.6 Å². The maximum Gasteiger partial charge on any atom is 0.407 e. The minimum atomic E-state index is -0.834. The van der Waals surface area contributed by atoms with E-state index >= 15 is 0 Å². The molecule has 2 fully saturated rings. The SMILES string of the molecule is CC(C)(C)OC(=O)NC1CC2OCCC2(C(=O)O)C1. The molecule has 19 heavy (non-hydrogen) atoms. The molecular weight excluding hydrogens is 250 g/mol. The highest BCUT2D eigenvalue weighted by atomic mass is 16.6. The van der Waals surface area contributed by atoms with E-state index in [2.05, 4.69) is 5.32 Å². The molecular formula is C13H21NO5. The zero-order chi connectivity index (χ0) is 14.3. The van der Waals surface area contributed by atoms with Crippen LogP contribution in [0.4, 0.5) is 4.79 Å². The topological polar surface area (TPSA) is 84.9 Å². The Kier molecular flexibility index (Phi) is 3.47. The van der Waals surface area contributed by atoms with Crippen molar-refractivity contribution in [3.05, 3.63) is 0 Å². The molecule has 6 heteroatoms. The molecule has 0 aromatic heterocycles. The number of amides is 1. The summed E-state index contributed by atoms with van der Waals surface area (Å²) >= 11 is 0. The van der Waals surface area contributed by atoms with E-state index in [1.54, 1.807) is 20.8 Å². The molecule has 3 atom stereocenters. The molecule has 3 unspecified atom stereocenters. The van der Waals surface area contributed by atoms with Gasteiger partial charge in [0.05, 0.1) is 11.5 Å². The van der Waals surface area contributed by atoms with Gasteiger partial charge in [-0.3, -0.25) is 4.79 Å². The zero-order valence-electron chi connectivity index (χ0n) is 11.6. The van der Waals surface area contributed by atoms with Gasteiger partial charge in [0.15, 0.2) is 0 Å². The lowest BCUT2D eigenvalue weighted by Gasteiger charge is -2.23. The Morgan fingerprint density at radius 3 is 2.63 bits per heavy atom. The van der Waals surface area contributed by atoms with Gasteiger partial charge >= 0.3 is 12.1 Å². The molecule has 1 aliphatic carbocycles. The van der Waals surface area contributed by atoms with Crippen molar-refractivity contribution in [1.29, 1.82) is 0 Å². The van der Waals surface area contributed by atoms with Crippen molar-refractivity contribution in [2.75, 3.05) is 6.61 Å². The highest BCUT2D eigenvalue weighted by Gasteiger charge is 2.57. The summed E-state index contributed by atoms with van der Waals surface area (Å²) in [6, 6.07) is -0.198. The first-order chi connectivity index (χ1) is 8.73. The van der Waals surface area contributed by atoms with Crippen molar-refractivity contribution in [2.24, 2.45) is 5.41 Å². The number of hydrogen-bond donors (Lipinski definition) is 2. The Morgan fingerprint density at radius 1 is 1.42 bits per heavy atom. The number of nitrogens with one attached hydrogen (secondary N) is 1. The van der Waals surface area contributed by atoms with Crippen LogP contribution in [0.1, 0.15) is 40.0 Å². The van der Waals surface area contributed by atoms with Gasteiger partial charge in [-0.2, -0.15) is 0 Å². The molecule has 0 radical (unpaired) electrons. The summed E-state index contributed by atoms with van der Waals surface area (Å²) in [5.74, 6) is -0.830. The summed E-state index contributed by atoms with van der Waals surface area (Å²) in [4.78, 5) is 23.1. The number of carboxylic acids is 1.